The van der Waals surface area contributed by atoms with Gasteiger partial charge < -0.3 is 10.8 Å². The fourth-order valence-electron chi connectivity index (χ4n) is 2.13. The molecule has 0 aliphatic carbocycles. The quantitative estimate of drug-likeness (QED) is 0.864. The largest absolute Gasteiger partial charge is 0.481 e. The molecular weight excluding hydrogens is 252 g/mol. The van der Waals surface area contributed by atoms with Crippen molar-refractivity contribution in [1.82, 2.24) is 0 Å². The van der Waals surface area contributed by atoms with Crippen LogP contribution in [0.2, 0.25) is 0 Å². The first-order chi connectivity index (χ1) is 8.62. The smallest absolute Gasteiger partial charge is 0.303 e. The van der Waals surface area contributed by atoms with Gasteiger partial charge in [-0.15, -0.1) is 0 Å². The van der Waals surface area contributed by atoms with Gasteiger partial charge in [0, 0.05) is 11.6 Å². The van der Waals surface area contributed by atoms with Crippen LogP contribution in [0, 0.1) is 24.0 Å². The van der Waals surface area contributed by atoms with Gasteiger partial charge in [0.15, 0.2) is 0 Å². The predicted octanol–water partition coefficient (Wildman–Crippen LogP) is 3.16. The number of hydrogen-bond acceptors (Lipinski definition) is 2. The summed E-state index contributed by atoms with van der Waals surface area (Å²) in [6.07, 6.45) is 0.190. The highest BCUT2D eigenvalue weighted by molar-refractivity contribution is 5.67. The van der Waals surface area contributed by atoms with Gasteiger partial charge in [-0.2, -0.15) is 0 Å². The third kappa shape index (κ3) is 4.28. The molecule has 0 bridgehead atoms. The lowest BCUT2D eigenvalue weighted by Gasteiger charge is -2.26. The van der Waals surface area contributed by atoms with Gasteiger partial charge in [-0.3, -0.25) is 4.79 Å². The van der Waals surface area contributed by atoms with E-state index in [1.807, 2.05) is 0 Å². The van der Waals surface area contributed by atoms with Crippen LogP contribution < -0.4 is 5.73 Å². The molecule has 3 nitrogen and oxygen atoms in total. The van der Waals surface area contributed by atoms with Crippen LogP contribution in [-0.2, 0) is 4.79 Å². The summed E-state index contributed by atoms with van der Waals surface area (Å²) in [4.78, 5) is 10.7. The molecule has 0 aliphatic heterocycles. The molecule has 0 saturated heterocycles. The SMILES string of the molecule is Cc1cc(F)c(C(N)CC(C)(C)CC(=O)O)cc1F. The summed E-state index contributed by atoms with van der Waals surface area (Å²) >= 11 is 0. The molecule has 0 fully saturated rings. The summed E-state index contributed by atoms with van der Waals surface area (Å²) in [7, 11) is 0. The third-order valence-corrected chi connectivity index (χ3v) is 3.08. The molecule has 1 unspecified atom stereocenters. The minimum absolute atomic E-state index is 0.0728. The molecule has 1 aromatic rings. The minimum Gasteiger partial charge on any atom is -0.481 e. The molecule has 0 amide bonds. The highest BCUT2D eigenvalue weighted by Crippen LogP contribution is 2.33. The highest BCUT2D eigenvalue weighted by Gasteiger charge is 2.26. The van der Waals surface area contributed by atoms with Crippen LogP contribution in [-0.4, -0.2) is 11.1 Å². The molecule has 5 heteroatoms. The number of halogens is 2. The Morgan fingerprint density at radius 1 is 1.37 bits per heavy atom. The van der Waals surface area contributed by atoms with E-state index in [4.69, 9.17) is 10.8 Å². The van der Waals surface area contributed by atoms with Gasteiger partial charge in [0.2, 0.25) is 0 Å². The lowest BCUT2D eigenvalue weighted by molar-refractivity contribution is -0.139. The number of carboxylic acids is 1. The summed E-state index contributed by atoms with van der Waals surface area (Å²) in [6, 6.07) is 1.46. The Morgan fingerprint density at radius 3 is 2.47 bits per heavy atom. The summed E-state index contributed by atoms with van der Waals surface area (Å²) in [5.74, 6) is -2.01. The minimum atomic E-state index is -0.937. The normalized spacial score (nSPS) is 13.4. The van der Waals surface area contributed by atoms with Crippen molar-refractivity contribution in [2.45, 2.75) is 39.7 Å². The van der Waals surface area contributed by atoms with Gasteiger partial charge in [0.25, 0.3) is 0 Å². The van der Waals surface area contributed by atoms with E-state index < -0.39 is 29.1 Å². The third-order valence-electron chi connectivity index (χ3n) is 3.08. The number of hydrogen-bond donors (Lipinski definition) is 2. The Bertz CT molecular complexity index is 487. The van der Waals surface area contributed by atoms with E-state index in [-0.39, 0.29) is 24.0 Å². The monoisotopic (exact) mass is 271 g/mol. The summed E-state index contributed by atoms with van der Waals surface area (Å²) in [5, 5.41) is 8.79. The summed E-state index contributed by atoms with van der Waals surface area (Å²) in [5.41, 5.74) is 5.60. The second kappa shape index (κ2) is 5.65. The van der Waals surface area contributed by atoms with Crippen molar-refractivity contribution in [3.63, 3.8) is 0 Å². The first-order valence-electron chi connectivity index (χ1n) is 6.05. The molecular formula is C14H19F2NO2. The van der Waals surface area contributed by atoms with Crippen LogP contribution in [0.4, 0.5) is 8.78 Å². The first kappa shape index (κ1) is 15.6. The van der Waals surface area contributed by atoms with Crippen molar-refractivity contribution >= 4 is 5.97 Å². The maximum Gasteiger partial charge on any atom is 0.303 e. The van der Waals surface area contributed by atoms with Crippen LogP contribution >= 0.6 is 0 Å². The van der Waals surface area contributed by atoms with Gasteiger partial charge in [-0.25, -0.2) is 8.78 Å². The van der Waals surface area contributed by atoms with Crippen molar-refractivity contribution in [3.8, 4) is 0 Å². The molecule has 0 radical (unpaired) electrons. The van der Waals surface area contributed by atoms with Crippen LogP contribution in [0.3, 0.4) is 0 Å². The maximum atomic E-state index is 13.8. The van der Waals surface area contributed by atoms with Crippen molar-refractivity contribution in [2.24, 2.45) is 11.1 Å². The molecule has 1 rings (SSSR count). The lowest BCUT2D eigenvalue weighted by Crippen LogP contribution is -2.24. The maximum absolute atomic E-state index is 13.8. The number of aliphatic carboxylic acids is 1. The summed E-state index contributed by atoms with van der Waals surface area (Å²) in [6.45, 7) is 4.95. The number of benzene rings is 1. The molecule has 0 heterocycles. The zero-order chi connectivity index (χ0) is 14.8. The van der Waals surface area contributed by atoms with E-state index in [0.29, 0.717) is 0 Å². The molecule has 19 heavy (non-hydrogen) atoms. The predicted molar refractivity (Wildman–Crippen MR) is 68.7 cm³/mol. The Kier molecular flexibility index (Phi) is 4.63. The Balaban J connectivity index is 2.92. The second-order valence-corrected chi connectivity index (χ2v) is 5.67. The second-order valence-electron chi connectivity index (χ2n) is 5.67. The number of carbonyl (C=O) groups is 1. The van der Waals surface area contributed by atoms with Gasteiger partial charge >= 0.3 is 5.97 Å². The Hall–Kier alpha value is -1.49. The van der Waals surface area contributed by atoms with Gasteiger partial charge in [-0.1, -0.05) is 13.8 Å². The molecule has 0 spiro atoms. The number of aryl methyl sites for hydroxylation is 1. The van der Waals surface area contributed by atoms with Crippen molar-refractivity contribution in [2.75, 3.05) is 0 Å². The zero-order valence-corrected chi connectivity index (χ0v) is 11.3. The van der Waals surface area contributed by atoms with Crippen LogP contribution in [0.5, 0.6) is 0 Å². The topological polar surface area (TPSA) is 63.3 Å². The molecule has 0 aliphatic rings. The standard InChI is InChI=1S/C14H19F2NO2/c1-8-4-11(16)9(5-10(8)15)12(17)6-14(2,3)7-13(18)19/h4-5,12H,6-7,17H2,1-3H3,(H,18,19). The van der Waals surface area contributed by atoms with Gasteiger partial charge in [-0.05, 0) is 36.5 Å². The first-order valence-corrected chi connectivity index (χ1v) is 6.05. The average molecular weight is 271 g/mol. The molecule has 1 aromatic carbocycles. The Labute approximate surface area is 111 Å². The van der Waals surface area contributed by atoms with Gasteiger partial charge in [0.1, 0.15) is 11.6 Å². The zero-order valence-electron chi connectivity index (χ0n) is 11.3. The highest BCUT2D eigenvalue weighted by atomic mass is 19.1. The van der Waals surface area contributed by atoms with E-state index in [0.717, 1.165) is 12.1 Å². The van der Waals surface area contributed by atoms with Gasteiger partial charge in [0.05, 0.1) is 6.42 Å². The van der Waals surface area contributed by atoms with E-state index in [2.05, 4.69) is 0 Å². The van der Waals surface area contributed by atoms with E-state index in [1.54, 1.807) is 13.8 Å². The molecule has 106 valence electrons. The lowest BCUT2D eigenvalue weighted by atomic mass is 9.81. The van der Waals surface area contributed by atoms with Crippen molar-refractivity contribution in [1.29, 1.82) is 0 Å². The molecule has 3 N–H and O–H groups in total. The average Bonchev–Trinajstić information content (AvgIpc) is 2.20. The molecule has 1 atom stereocenters. The molecule has 0 aromatic heterocycles. The number of carboxylic acid groups (broad SMARTS) is 1. The van der Waals surface area contributed by atoms with Crippen LogP contribution in [0.25, 0.3) is 0 Å². The Morgan fingerprint density at radius 2 is 1.95 bits per heavy atom. The number of rotatable bonds is 5. The van der Waals surface area contributed by atoms with E-state index in [9.17, 15) is 13.6 Å². The van der Waals surface area contributed by atoms with Crippen molar-refractivity contribution < 1.29 is 18.7 Å². The van der Waals surface area contributed by atoms with Crippen LogP contribution in [0.15, 0.2) is 12.1 Å². The summed E-state index contributed by atoms with van der Waals surface area (Å²) < 4.78 is 27.2. The van der Waals surface area contributed by atoms with E-state index in [1.165, 1.54) is 6.92 Å². The number of nitrogens with two attached hydrogens (primary N) is 1. The van der Waals surface area contributed by atoms with Crippen LogP contribution in [0.1, 0.15) is 43.9 Å². The molecule has 0 saturated carbocycles. The fourth-order valence-corrected chi connectivity index (χ4v) is 2.13. The van der Waals surface area contributed by atoms with Crippen molar-refractivity contribution in [3.05, 3.63) is 34.9 Å². The fraction of sp³-hybridized carbons (Fsp3) is 0.500. The van der Waals surface area contributed by atoms with E-state index >= 15 is 0 Å².